The molecule has 0 fully saturated rings. The Kier molecular flexibility index (Phi) is 7.16. The Hall–Kier alpha value is 0.596. The van der Waals surface area contributed by atoms with Gasteiger partial charge in [0.2, 0.25) is 0 Å². The van der Waals surface area contributed by atoms with Gasteiger partial charge < -0.3 is 0 Å². The summed E-state index contributed by atoms with van der Waals surface area (Å²) in [6.07, 6.45) is 3.89. The van der Waals surface area contributed by atoms with Gasteiger partial charge in [-0.25, -0.2) is 0 Å². The summed E-state index contributed by atoms with van der Waals surface area (Å²) in [5.74, 6) is 0. The van der Waals surface area contributed by atoms with Gasteiger partial charge in [-0.3, -0.25) is 0 Å². The first kappa shape index (κ1) is 7.60. The fourth-order valence-electron chi connectivity index (χ4n) is 0.496. The van der Waals surface area contributed by atoms with E-state index in [0.717, 1.165) is 6.61 Å². The minimum atomic E-state index is 0.612. The Morgan fingerprint density at radius 3 is 2.57 bits per heavy atom. The minimum absolute atomic E-state index is 0.612. The zero-order valence-electron chi connectivity index (χ0n) is 5.24. The van der Waals surface area contributed by atoms with E-state index >= 15 is 0 Å². The van der Waals surface area contributed by atoms with Crippen LogP contribution in [0, 0.1) is 0 Å². The maximum absolute atomic E-state index is 5.03. The van der Waals surface area contributed by atoms with E-state index in [1.54, 1.807) is 0 Å². The molecule has 0 radical (unpaired) electrons. The van der Waals surface area contributed by atoms with Gasteiger partial charge in [0.15, 0.2) is 0 Å². The number of hydrogen-bond donors (Lipinski definition) is 0. The van der Waals surface area contributed by atoms with Crippen LogP contribution in [0.5, 0.6) is 0 Å². The molecule has 0 rings (SSSR count). The van der Waals surface area contributed by atoms with Crippen LogP contribution in [0.3, 0.4) is 0 Å². The quantitative estimate of drug-likeness (QED) is 0.434. The summed E-state index contributed by atoms with van der Waals surface area (Å²) < 4.78 is 5.03. The van der Waals surface area contributed by atoms with Crippen LogP contribution >= 0.6 is 0 Å². The molecular weight excluding hydrogens is 146 g/mol. The molecule has 0 aromatic carbocycles. The summed E-state index contributed by atoms with van der Waals surface area (Å²) in [5.41, 5.74) is 0. The van der Waals surface area contributed by atoms with Gasteiger partial charge in [0.05, 0.1) is 0 Å². The number of hydrogen-bond acceptors (Lipinski definition) is 1. The molecule has 0 aliphatic heterocycles. The van der Waals surface area contributed by atoms with E-state index in [2.05, 4.69) is 6.92 Å². The average molecular weight is 159 g/mol. The zero-order valence-corrected chi connectivity index (χ0v) is 9.43. The molecular formula is C5H13GaO. The standard InChI is InChI=1S/C5H11O.Ga.2H/c1-2-3-4-5-6;;;/h2-5H2,1H3;;;/q-1;+1;;. The third-order valence-electron chi connectivity index (χ3n) is 0.952. The van der Waals surface area contributed by atoms with E-state index in [4.69, 9.17) is 3.53 Å². The van der Waals surface area contributed by atoms with Crippen LogP contribution in [0.15, 0.2) is 0 Å². The fourth-order valence-corrected chi connectivity index (χ4v) is 1.10. The molecule has 0 bridgehead atoms. The van der Waals surface area contributed by atoms with Gasteiger partial charge in [-0.15, -0.1) is 0 Å². The van der Waals surface area contributed by atoms with Crippen molar-refractivity contribution < 1.29 is 3.53 Å². The van der Waals surface area contributed by atoms with Crippen molar-refractivity contribution in [3.8, 4) is 0 Å². The molecule has 0 unspecified atom stereocenters. The molecule has 0 heterocycles. The molecule has 0 spiro atoms. The fraction of sp³-hybridized carbons (Fsp3) is 1.00. The molecule has 0 N–H and O–H groups in total. The molecule has 0 saturated carbocycles. The molecule has 0 aliphatic carbocycles. The van der Waals surface area contributed by atoms with Crippen LogP contribution in [0.1, 0.15) is 26.2 Å². The van der Waals surface area contributed by atoms with Gasteiger partial charge in [-0.2, -0.15) is 0 Å². The van der Waals surface area contributed by atoms with Gasteiger partial charge in [0.25, 0.3) is 0 Å². The van der Waals surface area contributed by atoms with E-state index in [0.29, 0.717) is 19.0 Å². The van der Waals surface area contributed by atoms with Crippen LogP contribution < -0.4 is 0 Å². The molecule has 2 heteroatoms. The van der Waals surface area contributed by atoms with Crippen LogP contribution in [0.25, 0.3) is 0 Å². The molecule has 42 valence electrons. The molecule has 7 heavy (non-hydrogen) atoms. The molecule has 0 saturated heterocycles. The van der Waals surface area contributed by atoms with Gasteiger partial charge >= 0.3 is 55.3 Å². The van der Waals surface area contributed by atoms with Crippen LogP contribution in [-0.2, 0) is 3.53 Å². The summed E-state index contributed by atoms with van der Waals surface area (Å²) in [6.45, 7) is 3.21. The molecule has 0 aromatic rings. The summed E-state index contributed by atoms with van der Waals surface area (Å²) in [6, 6.07) is 0. The Bertz CT molecular complexity index is 27.3. The van der Waals surface area contributed by atoms with Gasteiger partial charge in [0.1, 0.15) is 0 Å². The third-order valence-corrected chi connectivity index (χ3v) is 1.81. The van der Waals surface area contributed by atoms with Gasteiger partial charge in [-0.05, 0) is 0 Å². The first-order valence-corrected chi connectivity index (χ1v) is 4.62. The van der Waals surface area contributed by atoms with Gasteiger partial charge in [-0.1, -0.05) is 0 Å². The summed E-state index contributed by atoms with van der Waals surface area (Å²) in [5, 5.41) is 0. The van der Waals surface area contributed by atoms with Crippen molar-refractivity contribution in [1.29, 1.82) is 0 Å². The summed E-state index contributed by atoms with van der Waals surface area (Å²) in [7, 11) is 0. The third kappa shape index (κ3) is 6.60. The van der Waals surface area contributed by atoms with Crippen molar-refractivity contribution in [2.24, 2.45) is 0 Å². The van der Waals surface area contributed by atoms with E-state index in [-0.39, 0.29) is 0 Å². The van der Waals surface area contributed by atoms with E-state index in [9.17, 15) is 0 Å². The van der Waals surface area contributed by atoms with Crippen molar-refractivity contribution in [2.75, 3.05) is 6.61 Å². The molecule has 0 aliphatic rings. The predicted molar refractivity (Wildman–Crippen MR) is 34.0 cm³/mol. The second-order valence-electron chi connectivity index (χ2n) is 1.70. The Morgan fingerprint density at radius 2 is 2.14 bits per heavy atom. The van der Waals surface area contributed by atoms with Crippen molar-refractivity contribution in [3.63, 3.8) is 0 Å². The second-order valence-corrected chi connectivity index (χ2v) is 2.91. The first-order chi connectivity index (χ1) is 3.41. The Balaban J connectivity index is 2.45. The summed E-state index contributed by atoms with van der Waals surface area (Å²) >= 11 is 0.612. The molecule has 0 amide bonds. The topological polar surface area (TPSA) is 9.23 Å². The van der Waals surface area contributed by atoms with Crippen LogP contribution in [0.4, 0.5) is 0 Å². The molecule has 1 nitrogen and oxygen atoms in total. The second kappa shape index (κ2) is 6.60. The van der Waals surface area contributed by atoms with Gasteiger partial charge in [0, 0.05) is 0 Å². The predicted octanol–water partition coefficient (Wildman–Crippen LogP) is 0.741. The maximum atomic E-state index is 5.03. The number of rotatable bonds is 4. The monoisotopic (exact) mass is 158 g/mol. The molecule has 0 aromatic heterocycles. The first-order valence-electron chi connectivity index (χ1n) is 2.90. The Morgan fingerprint density at radius 1 is 1.43 bits per heavy atom. The van der Waals surface area contributed by atoms with Crippen LogP contribution in [0.2, 0.25) is 0 Å². The zero-order chi connectivity index (χ0) is 5.54. The van der Waals surface area contributed by atoms with E-state index in [1.165, 1.54) is 19.3 Å². The number of unbranched alkanes of at least 4 members (excludes halogenated alkanes) is 2. The van der Waals surface area contributed by atoms with E-state index < -0.39 is 0 Å². The Labute approximate surface area is 55.8 Å². The van der Waals surface area contributed by atoms with Crippen molar-refractivity contribution in [2.45, 2.75) is 26.2 Å². The van der Waals surface area contributed by atoms with Crippen molar-refractivity contribution in [1.82, 2.24) is 0 Å². The van der Waals surface area contributed by atoms with Crippen LogP contribution in [-0.4, -0.2) is 25.6 Å². The average Bonchev–Trinajstić information content (AvgIpc) is 1.69. The molecule has 0 atom stereocenters. The normalized spacial score (nSPS) is 9.29. The summed E-state index contributed by atoms with van der Waals surface area (Å²) in [4.78, 5) is 0. The SMILES string of the molecule is CCCCC[O][GaH2]. The van der Waals surface area contributed by atoms with E-state index in [1.807, 2.05) is 0 Å². The van der Waals surface area contributed by atoms with Crippen molar-refractivity contribution in [3.05, 3.63) is 0 Å². The van der Waals surface area contributed by atoms with Crippen molar-refractivity contribution >= 4 is 19.0 Å².